The number of carbonyl (C=O) groups excluding carboxylic acids is 1. The number of hydrogen-bond acceptors (Lipinski definition) is 3. The van der Waals surface area contributed by atoms with Gasteiger partial charge in [-0.2, -0.15) is 0 Å². The van der Waals surface area contributed by atoms with Crippen molar-refractivity contribution >= 4 is 21.7 Å². The normalized spacial score (nSPS) is 12.2. The molecule has 1 atom stereocenters. The van der Waals surface area contributed by atoms with Crippen molar-refractivity contribution < 1.29 is 9.53 Å². The molecule has 0 aliphatic heterocycles. The third-order valence-electron chi connectivity index (χ3n) is 3.72. The first-order valence-electron chi connectivity index (χ1n) is 7.64. The first-order valence-corrected chi connectivity index (χ1v) is 8.44. The number of ketones is 1. The molecule has 1 rings (SSSR count). The molecule has 0 amide bonds. The van der Waals surface area contributed by atoms with Crippen LogP contribution in [-0.4, -0.2) is 19.4 Å². The Morgan fingerprint density at radius 3 is 2.67 bits per heavy atom. The standard InChI is InChI=1S/C17H26BrNO2/c1-3-4-13(9-10-19)5-7-15(20)11-14-6-8-17(21-2)16(18)12-14/h6,8,12-13H,3-5,7,9-11,19H2,1-2H3. The Labute approximate surface area is 136 Å². The van der Waals surface area contributed by atoms with E-state index in [1.807, 2.05) is 18.2 Å². The average molecular weight is 356 g/mol. The van der Waals surface area contributed by atoms with E-state index in [0.29, 0.717) is 31.1 Å². The van der Waals surface area contributed by atoms with Gasteiger partial charge in [0.05, 0.1) is 11.6 Å². The highest BCUT2D eigenvalue weighted by Crippen LogP contribution is 2.26. The highest BCUT2D eigenvalue weighted by Gasteiger charge is 2.11. The molecule has 0 bridgehead atoms. The number of rotatable bonds is 10. The van der Waals surface area contributed by atoms with E-state index in [0.717, 1.165) is 35.0 Å². The van der Waals surface area contributed by atoms with Crippen LogP contribution in [0.2, 0.25) is 0 Å². The van der Waals surface area contributed by atoms with Crippen LogP contribution in [0.25, 0.3) is 0 Å². The summed E-state index contributed by atoms with van der Waals surface area (Å²) in [7, 11) is 1.64. The minimum absolute atomic E-state index is 0.296. The summed E-state index contributed by atoms with van der Waals surface area (Å²) in [6, 6.07) is 5.80. The van der Waals surface area contributed by atoms with Crippen molar-refractivity contribution in [3.8, 4) is 5.75 Å². The van der Waals surface area contributed by atoms with Crippen LogP contribution in [0.3, 0.4) is 0 Å². The molecule has 0 aliphatic carbocycles. The van der Waals surface area contributed by atoms with Crippen molar-refractivity contribution in [2.75, 3.05) is 13.7 Å². The number of benzene rings is 1. The smallest absolute Gasteiger partial charge is 0.137 e. The number of halogens is 1. The summed E-state index contributed by atoms with van der Waals surface area (Å²) in [5.74, 6) is 1.67. The van der Waals surface area contributed by atoms with Gasteiger partial charge in [-0.15, -0.1) is 0 Å². The van der Waals surface area contributed by atoms with E-state index in [1.165, 1.54) is 6.42 Å². The second-order valence-corrected chi connectivity index (χ2v) is 6.31. The highest BCUT2D eigenvalue weighted by atomic mass is 79.9. The number of hydrogen-bond donors (Lipinski definition) is 1. The van der Waals surface area contributed by atoms with Gasteiger partial charge in [-0.05, 0) is 58.9 Å². The van der Waals surface area contributed by atoms with E-state index >= 15 is 0 Å². The minimum atomic E-state index is 0.296. The number of nitrogens with two attached hydrogens (primary N) is 1. The number of ether oxygens (including phenoxy) is 1. The minimum Gasteiger partial charge on any atom is -0.496 e. The van der Waals surface area contributed by atoms with Gasteiger partial charge in [0, 0.05) is 12.8 Å². The van der Waals surface area contributed by atoms with Crippen LogP contribution in [0, 0.1) is 5.92 Å². The van der Waals surface area contributed by atoms with E-state index in [1.54, 1.807) is 7.11 Å². The molecule has 21 heavy (non-hydrogen) atoms. The lowest BCUT2D eigenvalue weighted by Gasteiger charge is -2.14. The summed E-state index contributed by atoms with van der Waals surface area (Å²) in [4.78, 5) is 12.1. The molecule has 0 saturated heterocycles. The van der Waals surface area contributed by atoms with E-state index in [-0.39, 0.29) is 0 Å². The lowest BCUT2D eigenvalue weighted by Crippen LogP contribution is -2.11. The lowest BCUT2D eigenvalue weighted by atomic mass is 9.92. The Kier molecular flexibility index (Phi) is 8.62. The van der Waals surface area contributed by atoms with Gasteiger partial charge in [0.2, 0.25) is 0 Å². The number of methoxy groups -OCH3 is 1. The number of Topliss-reactive ketones (excluding diaryl/α,β-unsaturated/α-hetero) is 1. The fourth-order valence-corrected chi connectivity index (χ4v) is 3.17. The predicted molar refractivity (Wildman–Crippen MR) is 90.7 cm³/mol. The number of carbonyl (C=O) groups is 1. The molecule has 0 saturated carbocycles. The Balaban J connectivity index is 2.47. The molecule has 0 fully saturated rings. The van der Waals surface area contributed by atoms with Crippen molar-refractivity contribution in [2.24, 2.45) is 11.7 Å². The molecule has 0 heterocycles. The quantitative estimate of drug-likeness (QED) is 0.686. The molecule has 118 valence electrons. The Morgan fingerprint density at radius 2 is 2.10 bits per heavy atom. The Morgan fingerprint density at radius 1 is 1.33 bits per heavy atom. The molecular formula is C17H26BrNO2. The van der Waals surface area contributed by atoms with Crippen LogP contribution in [0.1, 0.15) is 44.6 Å². The molecule has 1 aromatic rings. The maximum Gasteiger partial charge on any atom is 0.137 e. The molecule has 1 aromatic carbocycles. The second-order valence-electron chi connectivity index (χ2n) is 5.46. The fourth-order valence-electron chi connectivity index (χ4n) is 2.58. The van der Waals surface area contributed by atoms with Crippen molar-refractivity contribution in [2.45, 2.75) is 45.4 Å². The first kappa shape index (κ1) is 18.2. The zero-order valence-electron chi connectivity index (χ0n) is 13.0. The lowest BCUT2D eigenvalue weighted by molar-refractivity contribution is -0.118. The molecule has 1 unspecified atom stereocenters. The zero-order chi connectivity index (χ0) is 15.7. The Bertz CT molecular complexity index is 442. The predicted octanol–water partition coefficient (Wildman–Crippen LogP) is 4.11. The molecule has 0 aliphatic rings. The summed E-state index contributed by atoms with van der Waals surface area (Å²) in [5.41, 5.74) is 6.66. The maximum atomic E-state index is 12.1. The van der Waals surface area contributed by atoms with E-state index < -0.39 is 0 Å². The van der Waals surface area contributed by atoms with Crippen LogP contribution in [0.15, 0.2) is 22.7 Å². The van der Waals surface area contributed by atoms with Gasteiger partial charge in [0.15, 0.2) is 0 Å². The largest absolute Gasteiger partial charge is 0.496 e. The van der Waals surface area contributed by atoms with Gasteiger partial charge in [0.25, 0.3) is 0 Å². The second kappa shape index (κ2) is 9.96. The molecule has 2 N–H and O–H groups in total. The summed E-state index contributed by atoms with van der Waals surface area (Å²) in [5, 5.41) is 0. The van der Waals surface area contributed by atoms with Gasteiger partial charge in [-0.3, -0.25) is 4.79 Å². The summed E-state index contributed by atoms with van der Waals surface area (Å²) in [6.45, 7) is 2.89. The zero-order valence-corrected chi connectivity index (χ0v) is 14.6. The van der Waals surface area contributed by atoms with E-state index in [4.69, 9.17) is 10.5 Å². The van der Waals surface area contributed by atoms with Gasteiger partial charge >= 0.3 is 0 Å². The molecule has 4 heteroatoms. The summed E-state index contributed by atoms with van der Waals surface area (Å²) >= 11 is 3.45. The van der Waals surface area contributed by atoms with Gasteiger partial charge < -0.3 is 10.5 Å². The fraction of sp³-hybridized carbons (Fsp3) is 0.588. The third kappa shape index (κ3) is 6.62. The summed E-state index contributed by atoms with van der Waals surface area (Å²) < 4.78 is 6.09. The van der Waals surface area contributed by atoms with Crippen LogP contribution >= 0.6 is 15.9 Å². The van der Waals surface area contributed by atoms with Crippen molar-refractivity contribution in [3.63, 3.8) is 0 Å². The van der Waals surface area contributed by atoms with Crippen molar-refractivity contribution in [1.29, 1.82) is 0 Å². The SMILES string of the molecule is CCCC(CCN)CCC(=O)Cc1ccc(OC)c(Br)c1. The Hall–Kier alpha value is -0.870. The van der Waals surface area contributed by atoms with Gasteiger partial charge in [-0.1, -0.05) is 25.8 Å². The third-order valence-corrected chi connectivity index (χ3v) is 4.34. The highest BCUT2D eigenvalue weighted by molar-refractivity contribution is 9.10. The molecule has 0 aromatic heterocycles. The van der Waals surface area contributed by atoms with E-state index in [9.17, 15) is 4.79 Å². The average Bonchev–Trinajstić information content (AvgIpc) is 2.45. The van der Waals surface area contributed by atoms with E-state index in [2.05, 4.69) is 22.9 Å². The van der Waals surface area contributed by atoms with Gasteiger partial charge in [0.1, 0.15) is 11.5 Å². The van der Waals surface area contributed by atoms with Crippen LogP contribution in [-0.2, 0) is 11.2 Å². The van der Waals surface area contributed by atoms with Crippen LogP contribution < -0.4 is 10.5 Å². The van der Waals surface area contributed by atoms with Crippen LogP contribution in [0.4, 0.5) is 0 Å². The van der Waals surface area contributed by atoms with Crippen molar-refractivity contribution in [1.82, 2.24) is 0 Å². The monoisotopic (exact) mass is 355 g/mol. The van der Waals surface area contributed by atoms with Crippen LogP contribution in [0.5, 0.6) is 5.75 Å². The molecule has 3 nitrogen and oxygen atoms in total. The molecule has 0 radical (unpaired) electrons. The maximum absolute atomic E-state index is 12.1. The first-order chi connectivity index (χ1) is 10.1. The molecular weight excluding hydrogens is 330 g/mol. The topological polar surface area (TPSA) is 52.3 Å². The van der Waals surface area contributed by atoms with Crippen molar-refractivity contribution in [3.05, 3.63) is 28.2 Å². The van der Waals surface area contributed by atoms with Gasteiger partial charge in [-0.25, -0.2) is 0 Å². The summed E-state index contributed by atoms with van der Waals surface area (Å²) in [6.07, 6.45) is 5.44. The molecule has 0 spiro atoms.